The lowest BCUT2D eigenvalue weighted by Crippen LogP contribution is -1.95. The van der Waals surface area contributed by atoms with Crippen LogP contribution in [0.25, 0.3) is 175 Å². The first-order valence-electron chi connectivity index (χ1n) is 29.8. The maximum Gasteiger partial charge on any atom is 0.0547 e. The molecular weight excluding hydrogens is 1040 g/mol. The van der Waals surface area contributed by atoms with Crippen LogP contribution in [0.15, 0.2) is 315 Å². The molecule has 2 aromatic heterocycles. The van der Waals surface area contributed by atoms with Gasteiger partial charge in [-0.1, -0.05) is 255 Å². The van der Waals surface area contributed by atoms with Crippen LogP contribution in [0.4, 0.5) is 0 Å². The van der Waals surface area contributed by atoms with E-state index in [1.807, 2.05) is 0 Å². The quantitative estimate of drug-likeness (QED) is 0.141. The zero-order chi connectivity index (χ0) is 56.4. The molecule has 0 saturated heterocycles. The Morgan fingerprint density at radius 3 is 0.872 bits per heavy atom. The number of hydrogen-bond donors (Lipinski definition) is 0. The van der Waals surface area contributed by atoms with E-state index in [1.165, 1.54) is 164 Å². The Bertz CT molecular complexity index is 5460. The highest BCUT2D eigenvalue weighted by Crippen LogP contribution is 2.51. The van der Waals surface area contributed by atoms with E-state index >= 15 is 0 Å². The second kappa shape index (κ2) is 19.1. The third-order valence-electron chi connectivity index (χ3n) is 18.5. The third-order valence-corrected chi connectivity index (χ3v) is 18.5. The highest BCUT2D eigenvalue weighted by atomic mass is 15.0. The number of rotatable bonds is 7. The topological polar surface area (TPSA) is 9.86 Å². The van der Waals surface area contributed by atoms with Gasteiger partial charge in [-0.25, -0.2) is 0 Å². The van der Waals surface area contributed by atoms with Crippen LogP contribution in [0.2, 0.25) is 0 Å². The minimum Gasteiger partial charge on any atom is -0.309 e. The van der Waals surface area contributed by atoms with Gasteiger partial charge in [-0.2, -0.15) is 0 Å². The van der Waals surface area contributed by atoms with Crippen molar-refractivity contribution in [2.45, 2.75) is 0 Å². The number of benzene rings is 16. The highest BCUT2D eigenvalue weighted by molar-refractivity contribution is 6.29. The molecule has 0 bridgehead atoms. The van der Waals surface area contributed by atoms with Gasteiger partial charge >= 0.3 is 0 Å². The molecule has 0 aliphatic heterocycles. The minimum atomic E-state index is 1.14. The van der Waals surface area contributed by atoms with Gasteiger partial charge < -0.3 is 9.13 Å². The Kier molecular flexibility index (Phi) is 10.7. The maximum absolute atomic E-state index is 2.52. The van der Waals surface area contributed by atoms with E-state index in [1.54, 1.807) is 0 Å². The van der Waals surface area contributed by atoms with E-state index in [4.69, 9.17) is 0 Å². The van der Waals surface area contributed by atoms with Crippen LogP contribution in [0, 0.1) is 0 Å². The second-order valence-corrected chi connectivity index (χ2v) is 23.0. The molecule has 0 N–H and O–H groups in total. The second-order valence-electron chi connectivity index (χ2n) is 23.0. The number of nitrogens with zero attached hydrogens (tertiary/aromatic N) is 2. The molecule has 0 fully saturated rings. The Labute approximate surface area is 496 Å². The van der Waals surface area contributed by atoms with Gasteiger partial charge in [0.05, 0.1) is 22.1 Å². The first-order chi connectivity index (χ1) is 42.7. The maximum atomic E-state index is 2.52. The van der Waals surface area contributed by atoms with Gasteiger partial charge in [-0.15, -0.1) is 0 Å². The van der Waals surface area contributed by atoms with Gasteiger partial charge in [0.15, 0.2) is 0 Å². The predicted octanol–water partition coefficient (Wildman–Crippen LogP) is 23.1. The fourth-order valence-electron chi connectivity index (χ4n) is 14.8. The van der Waals surface area contributed by atoms with Crippen molar-refractivity contribution in [3.8, 4) is 67.0 Å². The predicted molar refractivity (Wildman–Crippen MR) is 367 cm³/mol. The summed E-state index contributed by atoms with van der Waals surface area (Å²) >= 11 is 0. The molecule has 0 amide bonds. The Morgan fingerprint density at radius 2 is 0.453 bits per heavy atom. The molecule has 86 heavy (non-hydrogen) atoms. The molecule has 2 heterocycles. The van der Waals surface area contributed by atoms with Crippen LogP contribution in [-0.2, 0) is 0 Å². The fraction of sp³-hybridized carbons (Fsp3) is 0. The summed E-state index contributed by atoms with van der Waals surface area (Å²) in [7, 11) is 0. The van der Waals surface area contributed by atoms with Crippen LogP contribution in [-0.4, -0.2) is 9.13 Å². The Morgan fingerprint density at radius 1 is 0.163 bits per heavy atom. The van der Waals surface area contributed by atoms with Crippen LogP contribution < -0.4 is 0 Å². The van der Waals surface area contributed by atoms with E-state index in [0.717, 1.165) is 11.4 Å². The smallest absolute Gasteiger partial charge is 0.0547 e. The van der Waals surface area contributed by atoms with Crippen molar-refractivity contribution in [1.82, 2.24) is 9.13 Å². The fourth-order valence-corrected chi connectivity index (χ4v) is 14.8. The Hall–Kier alpha value is -11.3. The molecule has 0 atom stereocenters. The van der Waals surface area contributed by atoms with Gasteiger partial charge in [0.1, 0.15) is 0 Å². The average Bonchev–Trinajstić information content (AvgIpc) is 1.57. The normalized spacial score (nSPS) is 12.0. The first-order valence-corrected chi connectivity index (χ1v) is 29.8. The van der Waals surface area contributed by atoms with Gasteiger partial charge in [0, 0.05) is 32.9 Å². The van der Waals surface area contributed by atoms with Crippen molar-refractivity contribution in [1.29, 1.82) is 0 Å². The number of hydrogen-bond acceptors (Lipinski definition) is 0. The van der Waals surface area contributed by atoms with E-state index in [0.29, 0.717) is 0 Å². The summed E-state index contributed by atoms with van der Waals surface area (Å²) in [6.07, 6.45) is 0. The van der Waals surface area contributed by atoms with Crippen LogP contribution in [0.3, 0.4) is 0 Å². The molecule has 0 spiro atoms. The SMILES string of the molecule is c1ccc(-n2c3ccccc3c3ccc(-c4cccc5c(-c6c7cccc(-c8cccc9ccccc89)c7cc7c(-c8cccc9ccccc89)cccc67)c6cccc(-c7ccc8c9ccccc9n(-c9ccccc9)c8c7)c6cc45)cc32)cc1. The first kappa shape index (κ1) is 48.2. The van der Waals surface area contributed by atoms with Crippen molar-refractivity contribution >= 4 is 108 Å². The molecule has 18 rings (SSSR count). The molecule has 0 aliphatic carbocycles. The lowest BCUT2D eigenvalue weighted by molar-refractivity contribution is 1.18. The van der Waals surface area contributed by atoms with Crippen LogP contribution >= 0.6 is 0 Å². The van der Waals surface area contributed by atoms with Gasteiger partial charge in [-0.05, 0) is 181 Å². The standard InChI is InChI=1S/C84H52N2/c1-3-25-57(26-4-1)85-79-43-13-11-31-67(79)69-47-45-55(49-81(69)85)61-33-17-39-71-75(61)51-76-62(56-46-48-70-68-32-12-14-44-80(68)86(82(70)50-56)58-27-5-2-6-28-58)34-18-40-72(76)83(71)84-73-41-19-37-65(63-35-15-23-53-21-7-9-29-59(53)63)77(73)52-78-66(38-20-42-74(78)84)64-36-16-24-54-22-8-10-30-60(54)64/h1-52H. The molecule has 0 saturated carbocycles. The van der Waals surface area contributed by atoms with Crippen molar-refractivity contribution < 1.29 is 0 Å². The van der Waals surface area contributed by atoms with E-state index in [-0.39, 0.29) is 0 Å². The lowest BCUT2D eigenvalue weighted by atomic mass is 9.81. The average molecular weight is 1090 g/mol. The molecule has 16 aromatic carbocycles. The van der Waals surface area contributed by atoms with E-state index < -0.39 is 0 Å². The van der Waals surface area contributed by atoms with Crippen LogP contribution in [0.1, 0.15) is 0 Å². The zero-order valence-corrected chi connectivity index (χ0v) is 46.9. The van der Waals surface area contributed by atoms with Crippen molar-refractivity contribution in [2.24, 2.45) is 0 Å². The summed E-state index contributed by atoms with van der Waals surface area (Å²) in [5.74, 6) is 0. The van der Waals surface area contributed by atoms with E-state index in [2.05, 4.69) is 325 Å². The summed E-state index contributed by atoms with van der Waals surface area (Å²) in [5.41, 5.74) is 19.1. The van der Waals surface area contributed by atoms with Crippen molar-refractivity contribution in [3.63, 3.8) is 0 Å². The molecule has 2 nitrogen and oxygen atoms in total. The zero-order valence-electron chi connectivity index (χ0n) is 46.9. The lowest BCUT2D eigenvalue weighted by Gasteiger charge is -2.22. The number of para-hydroxylation sites is 4. The molecule has 398 valence electrons. The summed E-state index contributed by atoms with van der Waals surface area (Å²) in [6, 6.07) is 118. The number of aromatic nitrogens is 2. The van der Waals surface area contributed by atoms with Crippen molar-refractivity contribution in [3.05, 3.63) is 315 Å². The molecule has 0 aliphatic rings. The Balaban J connectivity index is 0.992. The summed E-state index contributed by atoms with van der Waals surface area (Å²) in [6.45, 7) is 0. The monoisotopic (exact) mass is 1090 g/mol. The summed E-state index contributed by atoms with van der Waals surface area (Å²) in [4.78, 5) is 0. The largest absolute Gasteiger partial charge is 0.309 e. The van der Waals surface area contributed by atoms with Gasteiger partial charge in [0.2, 0.25) is 0 Å². The number of fused-ring (bicyclic) bond motifs is 12. The summed E-state index contributed by atoms with van der Waals surface area (Å²) < 4.78 is 4.87. The van der Waals surface area contributed by atoms with E-state index in [9.17, 15) is 0 Å². The van der Waals surface area contributed by atoms with Crippen molar-refractivity contribution in [2.75, 3.05) is 0 Å². The van der Waals surface area contributed by atoms with Crippen LogP contribution in [0.5, 0.6) is 0 Å². The highest BCUT2D eigenvalue weighted by Gasteiger charge is 2.24. The summed E-state index contributed by atoms with van der Waals surface area (Å²) in [5, 5.41) is 19.5. The molecule has 18 aromatic rings. The molecule has 0 unspecified atom stereocenters. The third kappa shape index (κ3) is 7.27. The van der Waals surface area contributed by atoms with Gasteiger partial charge in [-0.3, -0.25) is 0 Å². The molecule has 0 radical (unpaired) electrons. The molecule has 2 heteroatoms. The minimum absolute atomic E-state index is 1.14. The molecular formula is C84H52N2. The van der Waals surface area contributed by atoms with Gasteiger partial charge in [0.25, 0.3) is 0 Å².